The fourth-order valence-electron chi connectivity index (χ4n) is 1.24. The lowest BCUT2D eigenvalue weighted by atomic mass is 10.2. The third kappa shape index (κ3) is 5.45. The normalized spacial score (nSPS) is 11.0. The van der Waals surface area contributed by atoms with Crippen LogP contribution >= 0.6 is 11.6 Å². The maximum absolute atomic E-state index is 11.7. The third-order valence-electron chi connectivity index (χ3n) is 2.26. The molecule has 0 saturated carbocycles. The van der Waals surface area contributed by atoms with E-state index in [1.165, 1.54) is 6.20 Å². The summed E-state index contributed by atoms with van der Waals surface area (Å²) in [5.74, 6) is -0.0363. The molecule has 0 aliphatic carbocycles. The molecule has 19 heavy (non-hydrogen) atoms. The molecule has 0 bridgehead atoms. The molecule has 0 atom stereocenters. The molecule has 0 aromatic heterocycles. The standard InChI is InChI=1S/C14H16ClN3O/c1-10(2)8-18-14(19)11(7-16)9-17-13-5-3-12(15)4-6-13/h3-6,9-10,17H,8H2,1-2H3,(H,18,19)/b11-9-. The van der Waals surface area contributed by atoms with Crippen LogP contribution < -0.4 is 10.6 Å². The molecule has 1 aromatic rings. The van der Waals surface area contributed by atoms with Crippen LogP contribution in [-0.2, 0) is 4.79 Å². The van der Waals surface area contributed by atoms with E-state index in [4.69, 9.17) is 16.9 Å². The van der Waals surface area contributed by atoms with E-state index in [1.807, 2.05) is 19.9 Å². The summed E-state index contributed by atoms with van der Waals surface area (Å²) in [6, 6.07) is 8.84. The van der Waals surface area contributed by atoms with Crippen molar-refractivity contribution in [3.63, 3.8) is 0 Å². The zero-order chi connectivity index (χ0) is 14.3. The average Bonchev–Trinajstić information content (AvgIpc) is 2.39. The van der Waals surface area contributed by atoms with Gasteiger partial charge in [-0.05, 0) is 30.2 Å². The van der Waals surface area contributed by atoms with E-state index in [9.17, 15) is 4.79 Å². The molecule has 0 unspecified atom stereocenters. The molecule has 1 rings (SSSR count). The highest BCUT2D eigenvalue weighted by Crippen LogP contribution is 2.13. The molecular formula is C14H16ClN3O. The van der Waals surface area contributed by atoms with Crippen molar-refractivity contribution in [2.24, 2.45) is 5.92 Å². The van der Waals surface area contributed by atoms with Gasteiger partial charge in [-0.15, -0.1) is 0 Å². The zero-order valence-corrected chi connectivity index (χ0v) is 11.7. The van der Waals surface area contributed by atoms with Crippen LogP contribution in [0.2, 0.25) is 5.02 Å². The first kappa shape index (κ1) is 15.1. The number of nitrogens with one attached hydrogen (secondary N) is 2. The Balaban J connectivity index is 2.64. The number of carbonyl (C=O) groups excluding carboxylic acids is 1. The Labute approximate surface area is 118 Å². The number of benzene rings is 1. The van der Waals surface area contributed by atoms with E-state index in [0.29, 0.717) is 17.5 Å². The van der Waals surface area contributed by atoms with Crippen LogP contribution in [0, 0.1) is 17.2 Å². The highest BCUT2D eigenvalue weighted by atomic mass is 35.5. The Morgan fingerprint density at radius 3 is 2.58 bits per heavy atom. The summed E-state index contributed by atoms with van der Waals surface area (Å²) < 4.78 is 0. The van der Waals surface area contributed by atoms with Crippen molar-refractivity contribution in [3.8, 4) is 6.07 Å². The summed E-state index contributed by atoms with van der Waals surface area (Å²) in [6.07, 6.45) is 1.39. The summed E-state index contributed by atoms with van der Waals surface area (Å²) in [5.41, 5.74) is 0.796. The van der Waals surface area contributed by atoms with E-state index in [0.717, 1.165) is 5.69 Å². The predicted molar refractivity (Wildman–Crippen MR) is 76.6 cm³/mol. The Morgan fingerprint density at radius 2 is 2.05 bits per heavy atom. The molecule has 1 amide bonds. The molecule has 2 N–H and O–H groups in total. The molecule has 4 nitrogen and oxygen atoms in total. The van der Waals surface area contributed by atoms with Gasteiger partial charge in [0.15, 0.2) is 0 Å². The largest absolute Gasteiger partial charge is 0.360 e. The summed E-state index contributed by atoms with van der Waals surface area (Å²) >= 11 is 5.76. The van der Waals surface area contributed by atoms with E-state index >= 15 is 0 Å². The monoisotopic (exact) mass is 277 g/mol. The number of hydrogen-bond acceptors (Lipinski definition) is 3. The summed E-state index contributed by atoms with van der Waals surface area (Å²) in [4.78, 5) is 11.7. The Hall–Kier alpha value is -1.99. The number of anilines is 1. The first-order valence-electron chi connectivity index (χ1n) is 5.93. The number of carbonyl (C=O) groups is 1. The third-order valence-corrected chi connectivity index (χ3v) is 2.52. The quantitative estimate of drug-likeness (QED) is 0.642. The Morgan fingerprint density at radius 1 is 1.42 bits per heavy atom. The highest BCUT2D eigenvalue weighted by Gasteiger charge is 2.08. The van der Waals surface area contributed by atoms with Gasteiger partial charge < -0.3 is 10.6 Å². The second-order valence-corrected chi connectivity index (χ2v) is 4.86. The topological polar surface area (TPSA) is 64.9 Å². The summed E-state index contributed by atoms with van der Waals surface area (Å²) in [5, 5.41) is 15.1. The molecular weight excluding hydrogens is 262 g/mol. The van der Waals surface area contributed by atoms with Crippen molar-refractivity contribution in [3.05, 3.63) is 41.1 Å². The van der Waals surface area contributed by atoms with Crippen LogP contribution in [0.25, 0.3) is 0 Å². The molecule has 0 spiro atoms. The Bertz CT molecular complexity index is 500. The molecule has 0 fully saturated rings. The van der Waals surface area contributed by atoms with Gasteiger partial charge in [0.25, 0.3) is 5.91 Å². The second kappa shape index (κ2) is 7.45. The van der Waals surface area contributed by atoms with Gasteiger partial charge >= 0.3 is 0 Å². The van der Waals surface area contributed by atoms with Crippen LogP contribution in [0.3, 0.4) is 0 Å². The molecule has 0 heterocycles. The number of amides is 1. The Kier molecular flexibility index (Phi) is 5.91. The van der Waals surface area contributed by atoms with Gasteiger partial charge in [-0.3, -0.25) is 4.79 Å². The van der Waals surface area contributed by atoms with Gasteiger partial charge in [0.1, 0.15) is 11.6 Å². The smallest absolute Gasteiger partial charge is 0.263 e. The number of halogens is 1. The van der Waals surface area contributed by atoms with Crippen molar-refractivity contribution in [1.29, 1.82) is 5.26 Å². The van der Waals surface area contributed by atoms with Crippen LogP contribution in [0.5, 0.6) is 0 Å². The van der Waals surface area contributed by atoms with Gasteiger partial charge in [-0.2, -0.15) is 5.26 Å². The summed E-state index contributed by atoms with van der Waals surface area (Å²) in [6.45, 7) is 4.52. The van der Waals surface area contributed by atoms with E-state index in [1.54, 1.807) is 24.3 Å². The van der Waals surface area contributed by atoms with Crippen molar-refractivity contribution in [2.75, 3.05) is 11.9 Å². The lowest BCUT2D eigenvalue weighted by molar-refractivity contribution is -0.117. The van der Waals surface area contributed by atoms with Crippen LogP contribution in [0.15, 0.2) is 36.0 Å². The molecule has 0 radical (unpaired) electrons. The molecule has 0 saturated heterocycles. The molecule has 5 heteroatoms. The van der Waals surface area contributed by atoms with Gasteiger partial charge in [0.2, 0.25) is 0 Å². The molecule has 1 aromatic carbocycles. The van der Waals surface area contributed by atoms with Crippen LogP contribution in [0.4, 0.5) is 5.69 Å². The fraction of sp³-hybridized carbons (Fsp3) is 0.286. The van der Waals surface area contributed by atoms with Crippen molar-refractivity contribution < 1.29 is 4.79 Å². The van der Waals surface area contributed by atoms with Crippen LogP contribution in [0.1, 0.15) is 13.8 Å². The summed E-state index contributed by atoms with van der Waals surface area (Å²) in [7, 11) is 0. The van der Waals surface area contributed by atoms with E-state index in [-0.39, 0.29) is 11.5 Å². The minimum atomic E-state index is -0.377. The number of hydrogen-bond donors (Lipinski definition) is 2. The van der Waals surface area contributed by atoms with E-state index in [2.05, 4.69) is 10.6 Å². The maximum atomic E-state index is 11.7. The lowest BCUT2D eigenvalue weighted by Crippen LogP contribution is -2.28. The zero-order valence-electron chi connectivity index (χ0n) is 10.9. The van der Waals surface area contributed by atoms with E-state index < -0.39 is 0 Å². The molecule has 0 aliphatic heterocycles. The predicted octanol–water partition coefficient (Wildman–Crippen LogP) is 2.93. The number of rotatable bonds is 5. The fourth-order valence-corrected chi connectivity index (χ4v) is 1.37. The average molecular weight is 278 g/mol. The van der Waals surface area contributed by atoms with Crippen molar-refractivity contribution in [2.45, 2.75) is 13.8 Å². The SMILES string of the molecule is CC(C)CNC(=O)/C(C#N)=C\Nc1ccc(Cl)cc1. The van der Waals surface area contributed by atoms with Gasteiger partial charge in [0.05, 0.1) is 0 Å². The maximum Gasteiger partial charge on any atom is 0.263 e. The van der Waals surface area contributed by atoms with Crippen molar-refractivity contribution >= 4 is 23.2 Å². The minimum Gasteiger partial charge on any atom is -0.360 e. The number of nitrogens with zero attached hydrogens (tertiary/aromatic N) is 1. The highest BCUT2D eigenvalue weighted by molar-refractivity contribution is 6.30. The molecule has 0 aliphatic rings. The minimum absolute atomic E-state index is 0.0376. The first-order valence-corrected chi connectivity index (χ1v) is 6.31. The number of nitriles is 1. The lowest BCUT2D eigenvalue weighted by Gasteiger charge is -2.07. The van der Waals surface area contributed by atoms with Gasteiger partial charge in [-0.1, -0.05) is 25.4 Å². The van der Waals surface area contributed by atoms with Crippen molar-refractivity contribution in [1.82, 2.24) is 5.32 Å². The first-order chi connectivity index (χ1) is 9.02. The second-order valence-electron chi connectivity index (χ2n) is 4.42. The van der Waals surface area contributed by atoms with Gasteiger partial charge in [0, 0.05) is 23.5 Å². The molecule has 100 valence electrons. The van der Waals surface area contributed by atoms with Gasteiger partial charge in [-0.25, -0.2) is 0 Å². The van der Waals surface area contributed by atoms with Crippen LogP contribution in [-0.4, -0.2) is 12.5 Å².